The molecule has 7 nitrogen and oxygen atoms in total. The monoisotopic (exact) mass is 449 g/mol. The van der Waals surface area contributed by atoms with Gasteiger partial charge in [0.1, 0.15) is 18.4 Å². The summed E-state index contributed by atoms with van der Waals surface area (Å²) in [5.41, 5.74) is 1.60. The fraction of sp³-hybridized carbons (Fsp3) is 0.364. The Bertz CT molecular complexity index is 1030. The molecule has 2 amide bonds. The SMILES string of the molecule is CCNC(=O)[C@@H](C)N(Cc1ccc(C)cc1)C(=O)CN(c1ccccc1F)S(C)(=O)=O. The molecular weight excluding hydrogens is 421 g/mol. The first kappa shape index (κ1) is 24.3. The van der Waals surface area contributed by atoms with Crippen LogP contribution in [0.15, 0.2) is 48.5 Å². The zero-order chi connectivity index (χ0) is 23.2. The van der Waals surface area contributed by atoms with Crippen molar-refractivity contribution in [1.82, 2.24) is 10.2 Å². The number of para-hydroxylation sites is 1. The Morgan fingerprint density at radius 2 is 1.71 bits per heavy atom. The van der Waals surface area contributed by atoms with Gasteiger partial charge in [-0.05, 0) is 38.5 Å². The Kier molecular flexibility index (Phi) is 8.15. The number of sulfonamides is 1. The lowest BCUT2D eigenvalue weighted by Gasteiger charge is -2.31. The summed E-state index contributed by atoms with van der Waals surface area (Å²) < 4.78 is 39.7. The maximum Gasteiger partial charge on any atom is 0.244 e. The average Bonchev–Trinajstić information content (AvgIpc) is 2.71. The molecule has 0 saturated carbocycles. The Morgan fingerprint density at radius 3 is 2.26 bits per heavy atom. The third-order valence-corrected chi connectivity index (χ3v) is 5.92. The molecule has 0 radical (unpaired) electrons. The van der Waals surface area contributed by atoms with Crippen molar-refractivity contribution >= 4 is 27.5 Å². The van der Waals surface area contributed by atoms with Crippen molar-refractivity contribution in [3.63, 3.8) is 0 Å². The second-order valence-electron chi connectivity index (χ2n) is 7.30. The molecule has 1 N–H and O–H groups in total. The normalized spacial score (nSPS) is 12.2. The molecule has 0 aliphatic rings. The third kappa shape index (κ3) is 6.52. The number of rotatable bonds is 9. The molecule has 0 saturated heterocycles. The minimum absolute atomic E-state index is 0.103. The maximum atomic E-state index is 14.3. The van der Waals surface area contributed by atoms with E-state index in [1.54, 1.807) is 13.8 Å². The first-order valence-electron chi connectivity index (χ1n) is 9.89. The number of carbonyl (C=O) groups excluding carboxylic acids is 2. The van der Waals surface area contributed by atoms with Gasteiger partial charge in [-0.25, -0.2) is 12.8 Å². The molecular formula is C22H28FN3O4S. The highest BCUT2D eigenvalue weighted by Gasteiger charge is 2.30. The van der Waals surface area contributed by atoms with Crippen LogP contribution in [0.4, 0.5) is 10.1 Å². The van der Waals surface area contributed by atoms with Gasteiger partial charge in [0.2, 0.25) is 21.8 Å². The van der Waals surface area contributed by atoms with Gasteiger partial charge in [0.05, 0.1) is 11.9 Å². The molecule has 0 aliphatic heterocycles. The van der Waals surface area contributed by atoms with Crippen LogP contribution in [0, 0.1) is 12.7 Å². The van der Waals surface area contributed by atoms with E-state index >= 15 is 0 Å². The predicted molar refractivity (Wildman–Crippen MR) is 118 cm³/mol. The summed E-state index contributed by atoms with van der Waals surface area (Å²) in [5, 5.41) is 2.68. The lowest BCUT2D eigenvalue weighted by Crippen LogP contribution is -2.51. The lowest BCUT2D eigenvalue weighted by atomic mass is 10.1. The number of likely N-dealkylation sites (N-methyl/N-ethyl adjacent to an activating group) is 1. The molecule has 0 fully saturated rings. The zero-order valence-electron chi connectivity index (χ0n) is 18.1. The lowest BCUT2D eigenvalue weighted by molar-refractivity contribution is -0.139. The van der Waals surface area contributed by atoms with Gasteiger partial charge in [0.15, 0.2) is 0 Å². The summed E-state index contributed by atoms with van der Waals surface area (Å²) in [6.07, 6.45) is 0.907. The van der Waals surface area contributed by atoms with Crippen molar-refractivity contribution in [2.75, 3.05) is 23.7 Å². The number of hydrogen-bond donors (Lipinski definition) is 1. The van der Waals surface area contributed by atoms with Crippen molar-refractivity contribution in [3.05, 3.63) is 65.5 Å². The maximum absolute atomic E-state index is 14.3. The van der Waals surface area contributed by atoms with Crippen LogP contribution >= 0.6 is 0 Å². The minimum Gasteiger partial charge on any atom is -0.355 e. The van der Waals surface area contributed by atoms with Crippen LogP contribution in [-0.4, -0.2) is 50.5 Å². The van der Waals surface area contributed by atoms with Crippen molar-refractivity contribution in [2.45, 2.75) is 33.4 Å². The van der Waals surface area contributed by atoms with Crippen molar-refractivity contribution in [3.8, 4) is 0 Å². The largest absolute Gasteiger partial charge is 0.355 e. The summed E-state index contributed by atoms with van der Waals surface area (Å²) >= 11 is 0. The summed E-state index contributed by atoms with van der Waals surface area (Å²) in [6, 6.07) is 11.9. The van der Waals surface area contributed by atoms with Gasteiger partial charge >= 0.3 is 0 Å². The number of benzene rings is 2. The summed E-state index contributed by atoms with van der Waals surface area (Å²) in [7, 11) is -3.96. The molecule has 0 unspecified atom stereocenters. The van der Waals surface area contributed by atoms with Crippen LogP contribution in [0.1, 0.15) is 25.0 Å². The molecule has 1 atom stereocenters. The minimum atomic E-state index is -3.96. The van der Waals surface area contributed by atoms with Gasteiger partial charge in [-0.3, -0.25) is 13.9 Å². The highest BCUT2D eigenvalue weighted by Crippen LogP contribution is 2.22. The molecule has 168 valence electrons. The summed E-state index contributed by atoms with van der Waals surface area (Å²) in [5.74, 6) is -1.74. The summed E-state index contributed by atoms with van der Waals surface area (Å²) in [4.78, 5) is 27.0. The first-order valence-corrected chi connectivity index (χ1v) is 11.7. The van der Waals surface area contributed by atoms with E-state index in [9.17, 15) is 22.4 Å². The Balaban J connectivity index is 2.38. The third-order valence-electron chi connectivity index (χ3n) is 4.79. The van der Waals surface area contributed by atoms with Crippen LogP contribution in [0.25, 0.3) is 0 Å². The van der Waals surface area contributed by atoms with E-state index in [0.29, 0.717) is 6.54 Å². The highest BCUT2D eigenvalue weighted by atomic mass is 32.2. The van der Waals surface area contributed by atoms with Crippen LogP contribution in [-0.2, 0) is 26.2 Å². The molecule has 2 aromatic rings. The molecule has 0 bridgehead atoms. The first-order chi connectivity index (χ1) is 14.5. The van der Waals surface area contributed by atoms with E-state index in [4.69, 9.17) is 0 Å². The van der Waals surface area contributed by atoms with Crippen molar-refractivity contribution in [1.29, 1.82) is 0 Å². The fourth-order valence-corrected chi connectivity index (χ4v) is 3.89. The fourth-order valence-electron chi connectivity index (χ4n) is 3.04. The second-order valence-corrected chi connectivity index (χ2v) is 9.21. The van der Waals surface area contributed by atoms with Crippen LogP contribution < -0.4 is 9.62 Å². The number of nitrogens with zero attached hydrogens (tertiary/aromatic N) is 2. The van der Waals surface area contributed by atoms with Crippen molar-refractivity contribution < 1.29 is 22.4 Å². The Hall–Kier alpha value is -2.94. The van der Waals surface area contributed by atoms with Crippen LogP contribution in [0.5, 0.6) is 0 Å². The van der Waals surface area contributed by atoms with Gasteiger partial charge in [-0.1, -0.05) is 42.0 Å². The molecule has 2 aromatic carbocycles. The molecule has 0 aromatic heterocycles. The van der Waals surface area contributed by atoms with E-state index < -0.39 is 34.3 Å². The zero-order valence-corrected chi connectivity index (χ0v) is 18.9. The number of anilines is 1. The second kappa shape index (κ2) is 10.4. The van der Waals surface area contributed by atoms with Crippen LogP contribution in [0.3, 0.4) is 0 Å². The van der Waals surface area contributed by atoms with Gasteiger partial charge in [0, 0.05) is 13.1 Å². The van der Waals surface area contributed by atoms with E-state index in [1.807, 2.05) is 31.2 Å². The van der Waals surface area contributed by atoms with E-state index in [2.05, 4.69) is 5.32 Å². The Morgan fingerprint density at radius 1 is 1.10 bits per heavy atom. The standard InChI is InChI=1S/C22H28FN3O4S/c1-5-24-22(28)17(3)25(14-18-12-10-16(2)11-13-18)21(27)15-26(31(4,29)30)20-9-7-6-8-19(20)23/h6-13,17H,5,14-15H2,1-4H3,(H,24,28)/t17-/m1/s1. The van der Waals surface area contributed by atoms with E-state index in [0.717, 1.165) is 27.8 Å². The Labute approximate surface area is 182 Å². The van der Waals surface area contributed by atoms with Crippen LogP contribution in [0.2, 0.25) is 0 Å². The van der Waals surface area contributed by atoms with Gasteiger partial charge in [0.25, 0.3) is 0 Å². The number of amides is 2. The van der Waals surface area contributed by atoms with Gasteiger partial charge < -0.3 is 10.2 Å². The van der Waals surface area contributed by atoms with Gasteiger partial charge in [-0.2, -0.15) is 0 Å². The van der Waals surface area contributed by atoms with E-state index in [-0.39, 0.29) is 18.1 Å². The van der Waals surface area contributed by atoms with E-state index in [1.165, 1.54) is 23.1 Å². The number of carbonyl (C=O) groups is 2. The van der Waals surface area contributed by atoms with Crippen molar-refractivity contribution in [2.24, 2.45) is 0 Å². The molecule has 0 spiro atoms. The molecule has 9 heteroatoms. The molecule has 31 heavy (non-hydrogen) atoms. The number of halogens is 1. The topological polar surface area (TPSA) is 86.8 Å². The number of hydrogen-bond acceptors (Lipinski definition) is 4. The quantitative estimate of drug-likeness (QED) is 0.637. The molecule has 2 rings (SSSR count). The molecule has 0 aliphatic carbocycles. The predicted octanol–water partition coefficient (Wildman–Crippen LogP) is 2.45. The van der Waals surface area contributed by atoms with Gasteiger partial charge in [-0.15, -0.1) is 0 Å². The number of nitrogens with one attached hydrogen (secondary N) is 1. The molecule has 0 heterocycles. The smallest absolute Gasteiger partial charge is 0.244 e. The number of aryl methyl sites for hydroxylation is 1. The summed E-state index contributed by atoms with van der Waals surface area (Å²) in [6.45, 7) is 5.13. The average molecular weight is 450 g/mol. The highest BCUT2D eigenvalue weighted by molar-refractivity contribution is 7.92.